The fourth-order valence-corrected chi connectivity index (χ4v) is 2.35. The van der Waals surface area contributed by atoms with Crippen LogP contribution in [0.2, 0.25) is 0 Å². The Balaban J connectivity index is 2.14. The number of carbonyl (C=O) groups is 1. The maximum Gasteiger partial charge on any atom is 0.254 e. The molecule has 1 heterocycles. The van der Waals surface area contributed by atoms with Gasteiger partial charge >= 0.3 is 0 Å². The number of rotatable bonds is 6. The standard InChI is InChI=1S/C15H16FN3O3S/c1-19-13(20)6-4-10(14(17)21)15(19)22-8-18-12-5-3-9(23-2)7-11(12)16/h3-7,18H,8H2,1-2H3,(H2,17,21). The molecule has 122 valence electrons. The molecule has 8 heteroatoms. The summed E-state index contributed by atoms with van der Waals surface area (Å²) >= 11 is 1.43. The van der Waals surface area contributed by atoms with Gasteiger partial charge in [-0.25, -0.2) is 4.39 Å². The summed E-state index contributed by atoms with van der Waals surface area (Å²) in [5.74, 6) is -1.11. The Hall–Kier alpha value is -2.48. The summed E-state index contributed by atoms with van der Waals surface area (Å²) in [5, 5.41) is 2.75. The molecule has 0 atom stereocenters. The molecule has 0 radical (unpaired) electrons. The van der Waals surface area contributed by atoms with Crippen LogP contribution in [0.15, 0.2) is 40.0 Å². The first-order chi connectivity index (χ1) is 10.9. The molecule has 3 N–H and O–H groups in total. The topological polar surface area (TPSA) is 86.3 Å². The van der Waals surface area contributed by atoms with E-state index in [1.54, 1.807) is 12.1 Å². The van der Waals surface area contributed by atoms with Gasteiger partial charge in [0.1, 0.15) is 5.82 Å². The van der Waals surface area contributed by atoms with Gasteiger partial charge in [0.05, 0.1) is 11.3 Å². The number of halogens is 1. The lowest BCUT2D eigenvalue weighted by Crippen LogP contribution is -2.25. The molecule has 1 aromatic heterocycles. The van der Waals surface area contributed by atoms with Crippen LogP contribution in [0.25, 0.3) is 0 Å². The SMILES string of the molecule is CSc1ccc(NCOc2c(C(N)=O)ccc(=O)n2C)c(F)c1. The van der Waals surface area contributed by atoms with E-state index < -0.39 is 11.7 Å². The van der Waals surface area contributed by atoms with E-state index in [0.29, 0.717) is 0 Å². The average Bonchev–Trinajstić information content (AvgIpc) is 2.52. The Labute approximate surface area is 136 Å². The number of nitrogens with one attached hydrogen (secondary N) is 1. The number of hydrogen-bond donors (Lipinski definition) is 2. The second kappa shape index (κ2) is 7.19. The number of primary amides is 1. The quantitative estimate of drug-likeness (QED) is 0.620. The van der Waals surface area contributed by atoms with Crippen molar-refractivity contribution in [2.75, 3.05) is 18.3 Å². The molecule has 0 saturated heterocycles. The molecule has 0 fully saturated rings. The van der Waals surface area contributed by atoms with E-state index in [-0.39, 0.29) is 29.4 Å². The lowest BCUT2D eigenvalue weighted by atomic mass is 10.2. The Morgan fingerprint density at radius 2 is 2.13 bits per heavy atom. The van der Waals surface area contributed by atoms with Crippen molar-refractivity contribution in [3.05, 3.63) is 52.1 Å². The maximum atomic E-state index is 13.9. The summed E-state index contributed by atoms with van der Waals surface area (Å²) in [6, 6.07) is 7.28. The largest absolute Gasteiger partial charge is 0.457 e. The molecule has 0 aliphatic heterocycles. The number of anilines is 1. The molecule has 0 unspecified atom stereocenters. The minimum Gasteiger partial charge on any atom is -0.457 e. The summed E-state index contributed by atoms with van der Waals surface area (Å²) in [7, 11) is 1.46. The second-order valence-electron chi connectivity index (χ2n) is 4.62. The molecule has 0 saturated carbocycles. The number of thioether (sulfide) groups is 1. The van der Waals surface area contributed by atoms with Gasteiger partial charge in [0.2, 0.25) is 5.88 Å². The van der Waals surface area contributed by atoms with Crippen LogP contribution >= 0.6 is 11.8 Å². The third-order valence-corrected chi connectivity index (χ3v) is 3.90. The fourth-order valence-electron chi connectivity index (χ4n) is 1.93. The van der Waals surface area contributed by atoms with Crippen LogP contribution in [-0.2, 0) is 7.05 Å². The van der Waals surface area contributed by atoms with Crippen molar-refractivity contribution in [1.82, 2.24) is 4.57 Å². The first-order valence-electron chi connectivity index (χ1n) is 6.64. The Kier molecular flexibility index (Phi) is 5.28. The molecule has 1 amide bonds. The Bertz CT molecular complexity index is 792. The molecule has 2 rings (SSSR count). The lowest BCUT2D eigenvalue weighted by Gasteiger charge is -2.14. The van der Waals surface area contributed by atoms with Gasteiger partial charge in [0.25, 0.3) is 11.5 Å². The number of amides is 1. The van der Waals surface area contributed by atoms with Crippen LogP contribution in [0.3, 0.4) is 0 Å². The van der Waals surface area contributed by atoms with E-state index in [0.717, 1.165) is 9.46 Å². The van der Waals surface area contributed by atoms with Crippen LogP contribution in [0.1, 0.15) is 10.4 Å². The molecule has 0 aliphatic rings. The molecule has 0 aliphatic carbocycles. The average molecular weight is 337 g/mol. The highest BCUT2D eigenvalue weighted by Crippen LogP contribution is 2.22. The van der Waals surface area contributed by atoms with Crippen LogP contribution in [0.5, 0.6) is 5.88 Å². The van der Waals surface area contributed by atoms with Gasteiger partial charge in [0.15, 0.2) is 6.73 Å². The van der Waals surface area contributed by atoms with E-state index in [1.165, 1.54) is 37.0 Å². The molecule has 6 nitrogen and oxygen atoms in total. The van der Waals surface area contributed by atoms with Crippen LogP contribution in [0, 0.1) is 5.82 Å². The van der Waals surface area contributed by atoms with E-state index in [1.807, 2.05) is 6.26 Å². The van der Waals surface area contributed by atoms with Gasteiger partial charge in [0, 0.05) is 18.0 Å². The van der Waals surface area contributed by atoms with Crippen molar-refractivity contribution >= 4 is 23.4 Å². The lowest BCUT2D eigenvalue weighted by molar-refractivity contribution is 0.0995. The molecule has 0 bridgehead atoms. The van der Waals surface area contributed by atoms with Crippen molar-refractivity contribution in [3.63, 3.8) is 0 Å². The fraction of sp³-hybridized carbons (Fsp3) is 0.200. The summed E-state index contributed by atoms with van der Waals surface area (Å²) in [6.45, 7) is -0.132. The van der Waals surface area contributed by atoms with Gasteiger partial charge in [-0.15, -0.1) is 11.8 Å². The summed E-state index contributed by atoms with van der Waals surface area (Å²) in [5.41, 5.74) is 5.24. The van der Waals surface area contributed by atoms with Crippen molar-refractivity contribution in [2.24, 2.45) is 12.8 Å². The van der Waals surface area contributed by atoms with Gasteiger partial charge in [-0.1, -0.05) is 0 Å². The molecule has 2 aromatic rings. The predicted molar refractivity (Wildman–Crippen MR) is 87.5 cm³/mol. The predicted octanol–water partition coefficient (Wildman–Crippen LogP) is 1.79. The third kappa shape index (κ3) is 3.84. The first kappa shape index (κ1) is 16.9. The summed E-state index contributed by atoms with van der Waals surface area (Å²) in [4.78, 5) is 23.8. The number of aromatic nitrogens is 1. The van der Waals surface area contributed by atoms with Gasteiger partial charge in [-0.3, -0.25) is 14.2 Å². The van der Waals surface area contributed by atoms with Crippen LogP contribution in [0.4, 0.5) is 10.1 Å². The highest BCUT2D eigenvalue weighted by molar-refractivity contribution is 7.98. The van der Waals surface area contributed by atoms with Gasteiger partial charge < -0.3 is 15.8 Å². The number of benzene rings is 1. The van der Waals surface area contributed by atoms with E-state index in [4.69, 9.17) is 10.5 Å². The molecule has 1 aromatic carbocycles. The zero-order valence-electron chi connectivity index (χ0n) is 12.6. The van der Waals surface area contributed by atoms with E-state index in [2.05, 4.69) is 5.32 Å². The molecular formula is C15H16FN3O3S. The zero-order chi connectivity index (χ0) is 17.0. The third-order valence-electron chi connectivity index (χ3n) is 3.17. The first-order valence-corrected chi connectivity index (χ1v) is 7.86. The summed E-state index contributed by atoms with van der Waals surface area (Å²) < 4.78 is 20.4. The maximum absolute atomic E-state index is 13.9. The monoisotopic (exact) mass is 337 g/mol. The van der Waals surface area contributed by atoms with Crippen molar-refractivity contribution in [3.8, 4) is 5.88 Å². The normalized spacial score (nSPS) is 10.4. The Morgan fingerprint density at radius 1 is 1.39 bits per heavy atom. The van der Waals surface area contributed by atoms with Crippen molar-refractivity contribution in [1.29, 1.82) is 0 Å². The minimum absolute atomic E-state index is 0.0265. The summed E-state index contributed by atoms with van der Waals surface area (Å²) in [6.07, 6.45) is 1.85. The molecular weight excluding hydrogens is 321 g/mol. The second-order valence-corrected chi connectivity index (χ2v) is 5.50. The van der Waals surface area contributed by atoms with Crippen molar-refractivity contribution < 1.29 is 13.9 Å². The van der Waals surface area contributed by atoms with Gasteiger partial charge in [-0.2, -0.15) is 0 Å². The molecule has 23 heavy (non-hydrogen) atoms. The number of carbonyl (C=O) groups excluding carboxylic acids is 1. The highest BCUT2D eigenvalue weighted by atomic mass is 32.2. The highest BCUT2D eigenvalue weighted by Gasteiger charge is 2.14. The van der Waals surface area contributed by atoms with Crippen LogP contribution in [-0.4, -0.2) is 23.5 Å². The minimum atomic E-state index is -0.717. The zero-order valence-corrected chi connectivity index (χ0v) is 13.4. The Morgan fingerprint density at radius 3 is 2.74 bits per heavy atom. The van der Waals surface area contributed by atoms with E-state index in [9.17, 15) is 14.0 Å². The number of nitrogens with two attached hydrogens (primary N) is 1. The number of nitrogens with zero attached hydrogens (tertiary/aromatic N) is 1. The number of hydrogen-bond acceptors (Lipinski definition) is 5. The van der Waals surface area contributed by atoms with Gasteiger partial charge in [-0.05, 0) is 30.5 Å². The number of ether oxygens (including phenoxy) is 1. The van der Waals surface area contributed by atoms with Crippen LogP contribution < -0.4 is 21.3 Å². The smallest absolute Gasteiger partial charge is 0.254 e. The number of pyridine rings is 1. The van der Waals surface area contributed by atoms with Crippen molar-refractivity contribution in [2.45, 2.75) is 4.90 Å². The van der Waals surface area contributed by atoms with E-state index >= 15 is 0 Å². The molecule has 0 spiro atoms.